The van der Waals surface area contributed by atoms with Gasteiger partial charge in [0, 0.05) is 25.7 Å². The third-order valence-corrected chi connectivity index (χ3v) is 5.16. The molecule has 2 heteroatoms. The van der Waals surface area contributed by atoms with Gasteiger partial charge in [0.1, 0.15) is 0 Å². The van der Waals surface area contributed by atoms with E-state index in [2.05, 4.69) is 36.1 Å². The van der Waals surface area contributed by atoms with E-state index in [1.54, 1.807) is 0 Å². The minimum atomic E-state index is 0.347. The molecule has 0 bridgehead atoms. The molecule has 2 aliphatic rings. The van der Waals surface area contributed by atoms with Crippen LogP contribution in [0.3, 0.4) is 0 Å². The standard InChI is InChI=1S/C18H28N2/c1-2-14-6-8-16(9-7-14)17-10-18(19)13-20(12-17)11-15-4-3-5-15/h6-9,15,17-18H,2-5,10-13,19H2,1H3. The Morgan fingerprint density at radius 3 is 2.50 bits per heavy atom. The molecule has 1 saturated heterocycles. The molecule has 0 aromatic heterocycles. The van der Waals surface area contributed by atoms with E-state index in [4.69, 9.17) is 5.73 Å². The van der Waals surface area contributed by atoms with Crippen LogP contribution in [0.15, 0.2) is 24.3 Å². The average molecular weight is 272 g/mol. The fourth-order valence-electron chi connectivity index (χ4n) is 3.69. The van der Waals surface area contributed by atoms with Gasteiger partial charge in [-0.15, -0.1) is 0 Å². The number of hydrogen-bond donors (Lipinski definition) is 1. The summed E-state index contributed by atoms with van der Waals surface area (Å²) in [6.45, 7) is 5.79. The molecule has 0 radical (unpaired) electrons. The van der Waals surface area contributed by atoms with Gasteiger partial charge in [-0.3, -0.25) is 0 Å². The molecule has 1 aliphatic heterocycles. The molecule has 20 heavy (non-hydrogen) atoms. The zero-order valence-electron chi connectivity index (χ0n) is 12.7. The van der Waals surface area contributed by atoms with Crippen LogP contribution in [0.2, 0.25) is 0 Å². The van der Waals surface area contributed by atoms with Crippen molar-refractivity contribution in [3.63, 3.8) is 0 Å². The molecule has 1 heterocycles. The maximum atomic E-state index is 6.30. The second-order valence-electron chi connectivity index (χ2n) is 6.80. The summed E-state index contributed by atoms with van der Waals surface area (Å²) in [5, 5.41) is 0. The van der Waals surface area contributed by atoms with Crippen molar-refractivity contribution in [1.29, 1.82) is 0 Å². The lowest BCUT2D eigenvalue weighted by Crippen LogP contribution is -2.48. The van der Waals surface area contributed by atoms with Crippen LogP contribution in [0.5, 0.6) is 0 Å². The molecule has 0 amide bonds. The van der Waals surface area contributed by atoms with E-state index in [-0.39, 0.29) is 0 Å². The Kier molecular flexibility index (Phi) is 4.42. The number of piperidine rings is 1. The van der Waals surface area contributed by atoms with E-state index >= 15 is 0 Å². The quantitative estimate of drug-likeness (QED) is 0.912. The highest BCUT2D eigenvalue weighted by molar-refractivity contribution is 5.26. The predicted octanol–water partition coefficient (Wildman–Crippen LogP) is 3.17. The lowest BCUT2D eigenvalue weighted by molar-refractivity contribution is 0.133. The SMILES string of the molecule is CCc1ccc(C2CC(N)CN(CC3CCC3)C2)cc1. The monoisotopic (exact) mass is 272 g/mol. The van der Waals surface area contributed by atoms with E-state index in [9.17, 15) is 0 Å². The Labute approximate surface area is 123 Å². The van der Waals surface area contributed by atoms with Crippen LogP contribution in [-0.4, -0.2) is 30.6 Å². The highest BCUT2D eigenvalue weighted by Gasteiger charge is 2.29. The molecule has 2 atom stereocenters. The zero-order chi connectivity index (χ0) is 13.9. The van der Waals surface area contributed by atoms with E-state index in [0.717, 1.165) is 25.3 Å². The van der Waals surface area contributed by atoms with Crippen LogP contribution >= 0.6 is 0 Å². The van der Waals surface area contributed by atoms with Gasteiger partial charge < -0.3 is 10.6 Å². The van der Waals surface area contributed by atoms with Crippen molar-refractivity contribution in [2.75, 3.05) is 19.6 Å². The highest BCUT2D eigenvalue weighted by atomic mass is 15.2. The number of likely N-dealkylation sites (tertiary alicyclic amines) is 1. The van der Waals surface area contributed by atoms with Crippen molar-refractivity contribution in [1.82, 2.24) is 4.90 Å². The largest absolute Gasteiger partial charge is 0.327 e. The first kappa shape index (κ1) is 14.1. The molecular formula is C18H28N2. The minimum absolute atomic E-state index is 0.347. The predicted molar refractivity (Wildman–Crippen MR) is 84.9 cm³/mol. The lowest BCUT2D eigenvalue weighted by Gasteiger charge is -2.40. The van der Waals surface area contributed by atoms with Crippen LogP contribution in [-0.2, 0) is 6.42 Å². The van der Waals surface area contributed by atoms with Crippen molar-refractivity contribution in [2.45, 2.75) is 51.0 Å². The van der Waals surface area contributed by atoms with Crippen LogP contribution < -0.4 is 5.73 Å². The number of nitrogens with zero attached hydrogens (tertiary/aromatic N) is 1. The van der Waals surface area contributed by atoms with Gasteiger partial charge in [0.25, 0.3) is 0 Å². The summed E-state index contributed by atoms with van der Waals surface area (Å²) in [6.07, 6.45) is 6.57. The van der Waals surface area contributed by atoms with Crippen LogP contribution in [0.1, 0.15) is 49.7 Å². The Morgan fingerprint density at radius 2 is 1.90 bits per heavy atom. The third-order valence-electron chi connectivity index (χ3n) is 5.16. The maximum Gasteiger partial charge on any atom is 0.0174 e. The fraction of sp³-hybridized carbons (Fsp3) is 0.667. The molecule has 2 N–H and O–H groups in total. The Bertz CT molecular complexity index is 422. The molecule has 110 valence electrons. The Morgan fingerprint density at radius 1 is 1.15 bits per heavy atom. The molecule has 0 spiro atoms. The van der Waals surface area contributed by atoms with Crippen molar-refractivity contribution < 1.29 is 0 Å². The smallest absolute Gasteiger partial charge is 0.0174 e. The van der Waals surface area contributed by atoms with Crippen molar-refractivity contribution in [3.05, 3.63) is 35.4 Å². The highest BCUT2D eigenvalue weighted by Crippen LogP contribution is 2.31. The van der Waals surface area contributed by atoms with Crippen LogP contribution in [0, 0.1) is 5.92 Å². The normalized spacial score (nSPS) is 28.3. The molecule has 3 rings (SSSR count). The summed E-state index contributed by atoms with van der Waals surface area (Å²) in [4.78, 5) is 2.62. The average Bonchev–Trinajstić information content (AvgIpc) is 2.42. The van der Waals surface area contributed by atoms with Crippen molar-refractivity contribution in [3.8, 4) is 0 Å². The minimum Gasteiger partial charge on any atom is -0.327 e. The van der Waals surface area contributed by atoms with Gasteiger partial charge in [-0.25, -0.2) is 0 Å². The molecular weight excluding hydrogens is 244 g/mol. The van der Waals surface area contributed by atoms with Crippen molar-refractivity contribution in [2.24, 2.45) is 11.7 Å². The summed E-state index contributed by atoms with van der Waals surface area (Å²) < 4.78 is 0. The summed E-state index contributed by atoms with van der Waals surface area (Å²) in [5.41, 5.74) is 9.22. The molecule has 1 aromatic rings. The topological polar surface area (TPSA) is 29.3 Å². The fourth-order valence-corrected chi connectivity index (χ4v) is 3.69. The van der Waals surface area contributed by atoms with Crippen LogP contribution in [0.25, 0.3) is 0 Å². The van der Waals surface area contributed by atoms with Crippen LogP contribution in [0.4, 0.5) is 0 Å². The molecule has 2 unspecified atom stereocenters. The first-order valence-electron chi connectivity index (χ1n) is 8.31. The summed E-state index contributed by atoms with van der Waals surface area (Å²) >= 11 is 0. The Balaban J connectivity index is 1.64. The maximum absolute atomic E-state index is 6.30. The summed E-state index contributed by atoms with van der Waals surface area (Å²) in [7, 11) is 0. The van der Waals surface area contributed by atoms with Gasteiger partial charge in [-0.2, -0.15) is 0 Å². The summed E-state index contributed by atoms with van der Waals surface area (Å²) in [6, 6.07) is 9.56. The van der Waals surface area contributed by atoms with Gasteiger partial charge >= 0.3 is 0 Å². The summed E-state index contributed by atoms with van der Waals surface area (Å²) in [5.74, 6) is 1.58. The van der Waals surface area contributed by atoms with E-state index in [0.29, 0.717) is 12.0 Å². The second kappa shape index (κ2) is 6.28. The van der Waals surface area contributed by atoms with Gasteiger partial charge in [-0.1, -0.05) is 37.6 Å². The lowest BCUT2D eigenvalue weighted by atomic mass is 9.83. The first-order valence-corrected chi connectivity index (χ1v) is 8.31. The van der Waals surface area contributed by atoms with E-state index in [1.807, 2.05) is 0 Å². The van der Waals surface area contributed by atoms with Gasteiger partial charge in [0.05, 0.1) is 0 Å². The zero-order valence-corrected chi connectivity index (χ0v) is 12.7. The van der Waals surface area contributed by atoms with Gasteiger partial charge in [-0.05, 0) is 48.6 Å². The number of aryl methyl sites for hydroxylation is 1. The molecule has 1 aliphatic carbocycles. The van der Waals surface area contributed by atoms with Gasteiger partial charge in [0.15, 0.2) is 0 Å². The third kappa shape index (κ3) is 3.24. The Hall–Kier alpha value is -0.860. The second-order valence-corrected chi connectivity index (χ2v) is 6.80. The number of hydrogen-bond acceptors (Lipinski definition) is 2. The van der Waals surface area contributed by atoms with Gasteiger partial charge in [0.2, 0.25) is 0 Å². The first-order chi connectivity index (χ1) is 9.74. The molecule has 1 aromatic carbocycles. The molecule has 1 saturated carbocycles. The van der Waals surface area contributed by atoms with Crippen molar-refractivity contribution >= 4 is 0 Å². The molecule has 2 nitrogen and oxygen atoms in total. The van der Waals surface area contributed by atoms with E-state index < -0.39 is 0 Å². The number of benzene rings is 1. The van der Waals surface area contributed by atoms with E-state index in [1.165, 1.54) is 43.5 Å². The molecule has 2 fully saturated rings. The number of nitrogens with two attached hydrogens (primary N) is 1. The number of rotatable bonds is 4.